The molecule has 2 aliphatic rings. The number of hydrazine groups is 1. The fourth-order valence-electron chi connectivity index (χ4n) is 3.60. The summed E-state index contributed by atoms with van der Waals surface area (Å²) in [6.45, 7) is 3.57. The van der Waals surface area contributed by atoms with E-state index in [2.05, 4.69) is 10.7 Å². The number of methoxy groups -OCH3 is 2. The zero-order chi connectivity index (χ0) is 22.6. The van der Waals surface area contributed by atoms with E-state index in [0.29, 0.717) is 42.5 Å². The SMILES string of the molecule is COCC(=O)N1CCN(CC(=O)NN2C(=O)NC(C)(c3cccc(OC)c3)C2=O)CC1. The van der Waals surface area contributed by atoms with Crippen molar-refractivity contribution < 1.29 is 28.7 Å². The molecule has 0 spiro atoms. The summed E-state index contributed by atoms with van der Waals surface area (Å²) in [6, 6.07) is 6.11. The van der Waals surface area contributed by atoms with Crippen LogP contribution in [0.5, 0.6) is 5.75 Å². The van der Waals surface area contributed by atoms with Gasteiger partial charge in [-0.1, -0.05) is 12.1 Å². The molecule has 1 atom stereocenters. The molecular formula is C20H27N5O6. The van der Waals surface area contributed by atoms with Crippen molar-refractivity contribution in [2.45, 2.75) is 12.5 Å². The van der Waals surface area contributed by atoms with Crippen molar-refractivity contribution in [2.24, 2.45) is 0 Å². The topological polar surface area (TPSA) is 121 Å². The molecule has 0 aliphatic carbocycles. The average Bonchev–Trinajstić information content (AvgIpc) is 2.98. The zero-order valence-corrected chi connectivity index (χ0v) is 17.8. The fourth-order valence-corrected chi connectivity index (χ4v) is 3.60. The van der Waals surface area contributed by atoms with E-state index in [9.17, 15) is 19.2 Å². The lowest BCUT2D eigenvalue weighted by molar-refractivity contribution is -0.140. The maximum Gasteiger partial charge on any atom is 0.344 e. The maximum absolute atomic E-state index is 13.0. The third kappa shape index (κ3) is 4.78. The normalized spacial score (nSPS) is 21.8. The van der Waals surface area contributed by atoms with E-state index >= 15 is 0 Å². The lowest BCUT2D eigenvalue weighted by Gasteiger charge is -2.34. The first-order chi connectivity index (χ1) is 14.8. The van der Waals surface area contributed by atoms with Gasteiger partial charge >= 0.3 is 6.03 Å². The fraction of sp³-hybridized carbons (Fsp3) is 0.500. The molecule has 2 saturated heterocycles. The Hall–Kier alpha value is -3.18. The molecule has 11 nitrogen and oxygen atoms in total. The molecule has 0 aromatic heterocycles. The molecule has 2 N–H and O–H groups in total. The van der Waals surface area contributed by atoms with Crippen LogP contribution in [0.3, 0.4) is 0 Å². The summed E-state index contributed by atoms with van der Waals surface area (Å²) < 4.78 is 10.0. The van der Waals surface area contributed by atoms with Gasteiger partial charge in [0.05, 0.1) is 13.7 Å². The molecule has 2 fully saturated rings. The van der Waals surface area contributed by atoms with Crippen LogP contribution in [0.25, 0.3) is 0 Å². The number of piperazine rings is 1. The average molecular weight is 433 g/mol. The molecular weight excluding hydrogens is 406 g/mol. The van der Waals surface area contributed by atoms with Gasteiger partial charge in [0, 0.05) is 33.3 Å². The van der Waals surface area contributed by atoms with Crippen LogP contribution >= 0.6 is 0 Å². The quantitative estimate of drug-likeness (QED) is 0.545. The number of carbonyl (C=O) groups is 4. The van der Waals surface area contributed by atoms with E-state index in [-0.39, 0.29) is 19.1 Å². The molecule has 0 saturated carbocycles. The summed E-state index contributed by atoms with van der Waals surface area (Å²) in [5.41, 5.74) is 1.61. The van der Waals surface area contributed by atoms with Gasteiger partial charge in [-0.2, -0.15) is 5.01 Å². The lowest BCUT2D eigenvalue weighted by Crippen LogP contribution is -2.54. The third-order valence-corrected chi connectivity index (χ3v) is 5.43. The molecule has 3 rings (SSSR count). The monoisotopic (exact) mass is 433 g/mol. The molecule has 168 valence electrons. The van der Waals surface area contributed by atoms with Gasteiger partial charge in [0.2, 0.25) is 5.91 Å². The Morgan fingerprint density at radius 1 is 1.16 bits per heavy atom. The Morgan fingerprint density at radius 2 is 1.87 bits per heavy atom. The number of imide groups is 1. The minimum Gasteiger partial charge on any atom is -0.497 e. The first-order valence-corrected chi connectivity index (χ1v) is 9.88. The molecule has 5 amide bonds. The van der Waals surface area contributed by atoms with E-state index in [0.717, 1.165) is 0 Å². The number of urea groups is 1. The summed E-state index contributed by atoms with van der Waals surface area (Å²) in [5.74, 6) is -0.627. The molecule has 0 bridgehead atoms. The van der Waals surface area contributed by atoms with E-state index < -0.39 is 23.4 Å². The second-order valence-corrected chi connectivity index (χ2v) is 7.55. The lowest BCUT2D eigenvalue weighted by atomic mass is 9.92. The highest BCUT2D eigenvalue weighted by molar-refractivity contribution is 6.08. The second kappa shape index (κ2) is 9.31. The van der Waals surface area contributed by atoms with Gasteiger partial charge in [0.25, 0.3) is 11.8 Å². The molecule has 31 heavy (non-hydrogen) atoms. The van der Waals surface area contributed by atoms with Crippen LogP contribution in [0, 0.1) is 0 Å². The predicted octanol–water partition coefficient (Wildman–Crippen LogP) is -0.716. The molecule has 2 heterocycles. The molecule has 0 radical (unpaired) electrons. The van der Waals surface area contributed by atoms with Crippen LogP contribution in [0.1, 0.15) is 12.5 Å². The molecule has 1 unspecified atom stereocenters. The van der Waals surface area contributed by atoms with Crippen molar-refractivity contribution in [3.05, 3.63) is 29.8 Å². The van der Waals surface area contributed by atoms with Gasteiger partial charge < -0.3 is 19.7 Å². The first kappa shape index (κ1) is 22.5. The van der Waals surface area contributed by atoms with Crippen molar-refractivity contribution in [3.63, 3.8) is 0 Å². The zero-order valence-electron chi connectivity index (χ0n) is 17.8. The highest BCUT2D eigenvalue weighted by Crippen LogP contribution is 2.30. The van der Waals surface area contributed by atoms with Crippen LogP contribution in [0.4, 0.5) is 4.79 Å². The van der Waals surface area contributed by atoms with Gasteiger partial charge in [0.1, 0.15) is 17.9 Å². The van der Waals surface area contributed by atoms with Crippen molar-refractivity contribution in [1.82, 2.24) is 25.6 Å². The predicted molar refractivity (Wildman–Crippen MR) is 109 cm³/mol. The first-order valence-electron chi connectivity index (χ1n) is 9.88. The van der Waals surface area contributed by atoms with E-state index in [1.807, 2.05) is 4.90 Å². The number of amides is 5. The van der Waals surface area contributed by atoms with Crippen LogP contribution in [0.2, 0.25) is 0 Å². The molecule has 1 aromatic carbocycles. The van der Waals surface area contributed by atoms with Gasteiger partial charge in [-0.15, -0.1) is 0 Å². The summed E-state index contributed by atoms with van der Waals surface area (Å²) >= 11 is 0. The summed E-state index contributed by atoms with van der Waals surface area (Å²) in [7, 11) is 2.98. The summed E-state index contributed by atoms with van der Waals surface area (Å²) in [6.07, 6.45) is 0. The summed E-state index contributed by atoms with van der Waals surface area (Å²) in [5, 5.41) is 3.34. The van der Waals surface area contributed by atoms with Gasteiger partial charge in [-0.3, -0.25) is 24.7 Å². The number of benzene rings is 1. The van der Waals surface area contributed by atoms with Gasteiger partial charge in [-0.25, -0.2) is 4.79 Å². The molecule has 11 heteroatoms. The number of carbonyl (C=O) groups excluding carboxylic acids is 4. The van der Waals surface area contributed by atoms with Gasteiger partial charge in [0.15, 0.2) is 0 Å². The Labute approximate surface area is 180 Å². The van der Waals surface area contributed by atoms with E-state index in [1.165, 1.54) is 14.2 Å². The third-order valence-electron chi connectivity index (χ3n) is 5.43. The van der Waals surface area contributed by atoms with Crippen LogP contribution in [-0.2, 0) is 24.7 Å². The highest BCUT2D eigenvalue weighted by Gasteiger charge is 2.50. The number of hydrogen-bond donors (Lipinski definition) is 2. The minimum absolute atomic E-state index is 0.000752. The number of ether oxygens (including phenoxy) is 2. The van der Waals surface area contributed by atoms with Crippen molar-refractivity contribution in [2.75, 3.05) is 53.6 Å². The Morgan fingerprint density at radius 3 is 2.52 bits per heavy atom. The Bertz CT molecular complexity index is 869. The van der Waals surface area contributed by atoms with Crippen LogP contribution < -0.4 is 15.5 Å². The van der Waals surface area contributed by atoms with Crippen molar-refractivity contribution in [1.29, 1.82) is 0 Å². The van der Waals surface area contributed by atoms with E-state index in [1.54, 1.807) is 36.1 Å². The molecule has 2 aliphatic heterocycles. The Balaban J connectivity index is 1.58. The van der Waals surface area contributed by atoms with Gasteiger partial charge in [-0.05, 0) is 24.6 Å². The van der Waals surface area contributed by atoms with Crippen LogP contribution in [-0.4, -0.2) is 92.1 Å². The summed E-state index contributed by atoms with van der Waals surface area (Å²) in [4.78, 5) is 53.2. The molecule has 1 aromatic rings. The number of nitrogens with zero attached hydrogens (tertiary/aromatic N) is 3. The minimum atomic E-state index is -1.33. The van der Waals surface area contributed by atoms with Crippen molar-refractivity contribution in [3.8, 4) is 5.75 Å². The maximum atomic E-state index is 13.0. The number of nitrogens with one attached hydrogen (secondary N) is 2. The Kier molecular flexibility index (Phi) is 6.76. The largest absolute Gasteiger partial charge is 0.497 e. The number of rotatable bonds is 7. The van der Waals surface area contributed by atoms with E-state index in [4.69, 9.17) is 9.47 Å². The van der Waals surface area contributed by atoms with Crippen molar-refractivity contribution >= 4 is 23.8 Å². The standard InChI is InChI=1S/C20H27N5O6/c1-20(14-5-4-6-15(11-14)31-3)18(28)25(19(29)21-20)22-16(26)12-23-7-9-24(10-8-23)17(27)13-30-2/h4-6,11H,7-10,12-13H2,1-3H3,(H,21,29)(H,22,26). The van der Waals surface area contributed by atoms with Crippen LogP contribution in [0.15, 0.2) is 24.3 Å². The highest BCUT2D eigenvalue weighted by atomic mass is 16.5. The number of hydrogen-bond acceptors (Lipinski definition) is 7. The smallest absolute Gasteiger partial charge is 0.344 e. The second-order valence-electron chi connectivity index (χ2n) is 7.55.